The van der Waals surface area contributed by atoms with Crippen molar-refractivity contribution in [2.24, 2.45) is 5.92 Å². The molecule has 1 amide bonds. The molecule has 146 valence electrons. The average molecular weight is 372 g/mol. The quantitative estimate of drug-likeness (QED) is 0.767. The summed E-state index contributed by atoms with van der Waals surface area (Å²) in [4.78, 5) is 26.8. The lowest BCUT2D eigenvalue weighted by molar-refractivity contribution is -0.150. The van der Waals surface area contributed by atoms with E-state index < -0.39 is 0 Å². The van der Waals surface area contributed by atoms with Crippen molar-refractivity contribution in [3.63, 3.8) is 0 Å². The Kier molecular flexibility index (Phi) is 4.33. The van der Waals surface area contributed by atoms with Crippen LogP contribution in [0.15, 0.2) is 16.9 Å². The first-order chi connectivity index (χ1) is 13.1. The average Bonchev–Trinajstić information content (AvgIpc) is 2.69. The van der Waals surface area contributed by atoms with Gasteiger partial charge in [0.15, 0.2) is 0 Å². The van der Waals surface area contributed by atoms with Gasteiger partial charge in [-0.1, -0.05) is 6.07 Å². The van der Waals surface area contributed by atoms with Crippen LogP contribution in [-0.2, 0) is 22.6 Å². The van der Waals surface area contributed by atoms with Crippen LogP contribution < -0.4 is 16.2 Å². The molecule has 1 spiro atoms. The van der Waals surface area contributed by atoms with Gasteiger partial charge in [0.1, 0.15) is 6.61 Å². The predicted molar refractivity (Wildman–Crippen MR) is 101 cm³/mol. The van der Waals surface area contributed by atoms with Gasteiger partial charge in [0.2, 0.25) is 5.91 Å². The Morgan fingerprint density at radius 3 is 2.81 bits per heavy atom. The first-order valence-corrected chi connectivity index (χ1v) is 10.2. The van der Waals surface area contributed by atoms with Crippen molar-refractivity contribution in [1.82, 2.24) is 20.1 Å². The Labute approximate surface area is 159 Å². The molecule has 3 fully saturated rings. The van der Waals surface area contributed by atoms with Crippen molar-refractivity contribution in [2.75, 3.05) is 39.3 Å². The van der Waals surface area contributed by atoms with Crippen LogP contribution in [0.25, 0.3) is 0 Å². The number of piperidine rings is 2. The van der Waals surface area contributed by atoms with Gasteiger partial charge in [-0.05, 0) is 37.8 Å². The molecule has 0 radical (unpaired) electrons. The number of aromatic nitrogens is 1. The number of fused-ring (bicyclic) bond motifs is 4. The van der Waals surface area contributed by atoms with Gasteiger partial charge in [-0.3, -0.25) is 14.5 Å². The molecule has 4 aliphatic rings. The van der Waals surface area contributed by atoms with E-state index in [2.05, 4.69) is 21.6 Å². The van der Waals surface area contributed by atoms with Crippen LogP contribution in [0.3, 0.4) is 0 Å². The Balaban J connectivity index is 1.28. The van der Waals surface area contributed by atoms with Gasteiger partial charge >= 0.3 is 0 Å². The second kappa shape index (κ2) is 6.72. The highest BCUT2D eigenvalue weighted by atomic mass is 16.5. The number of amides is 1. The number of carbonyl (C=O) groups is 1. The van der Waals surface area contributed by atoms with E-state index in [1.165, 1.54) is 12.1 Å². The molecule has 0 unspecified atom stereocenters. The van der Waals surface area contributed by atoms with Gasteiger partial charge in [-0.15, -0.1) is 0 Å². The minimum atomic E-state index is -0.209. The van der Waals surface area contributed by atoms with Crippen LogP contribution in [0.5, 0.6) is 0 Å². The number of rotatable bonds is 2. The summed E-state index contributed by atoms with van der Waals surface area (Å²) in [6, 6.07) is 4.22. The van der Waals surface area contributed by atoms with Crippen molar-refractivity contribution in [3.8, 4) is 0 Å². The number of morpholine rings is 1. The monoisotopic (exact) mass is 372 g/mol. The summed E-state index contributed by atoms with van der Waals surface area (Å²) < 4.78 is 7.89. The van der Waals surface area contributed by atoms with Crippen molar-refractivity contribution in [2.45, 2.75) is 43.9 Å². The van der Waals surface area contributed by atoms with Crippen molar-refractivity contribution >= 4 is 5.91 Å². The van der Waals surface area contributed by atoms with Gasteiger partial charge in [0, 0.05) is 56.4 Å². The molecule has 2 N–H and O–H groups in total. The number of pyridine rings is 1. The third-order valence-electron chi connectivity index (χ3n) is 6.87. The van der Waals surface area contributed by atoms with Gasteiger partial charge in [0.25, 0.3) is 5.56 Å². The number of hydrogen-bond donors (Lipinski definition) is 2. The minimum Gasteiger partial charge on any atom is -0.363 e. The summed E-state index contributed by atoms with van der Waals surface area (Å²) in [6.45, 7) is 6.13. The lowest BCUT2D eigenvalue weighted by Gasteiger charge is -2.43. The number of nitrogens with zero attached hydrogens (tertiary/aromatic N) is 2. The molecule has 27 heavy (non-hydrogen) atoms. The van der Waals surface area contributed by atoms with Crippen molar-refractivity contribution in [1.29, 1.82) is 0 Å². The maximum atomic E-state index is 13.1. The second-order valence-corrected chi connectivity index (χ2v) is 8.68. The lowest BCUT2D eigenvalue weighted by atomic mass is 9.84. The Morgan fingerprint density at radius 2 is 2.04 bits per heavy atom. The Hall–Kier alpha value is -1.70. The molecule has 1 aromatic heterocycles. The summed E-state index contributed by atoms with van der Waals surface area (Å²) in [6.07, 6.45) is 3.00. The second-order valence-electron chi connectivity index (χ2n) is 8.68. The maximum absolute atomic E-state index is 13.1. The summed E-state index contributed by atoms with van der Waals surface area (Å²) in [5.41, 5.74) is 2.10. The van der Waals surface area contributed by atoms with Gasteiger partial charge in [0.05, 0.1) is 5.60 Å². The van der Waals surface area contributed by atoms with E-state index in [9.17, 15) is 9.59 Å². The fourth-order valence-corrected chi connectivity index (χ4v) is 5.22. The van der Waals surface area contributed by atoms with E-state index in [0.717, 1.165) is 51.1 Å². The number of hydrogen-bond acceptors (Lipinski definition) is 5. The maximum Gasteiger partial charge on any atom is 0.255 e. The van der Waals surface area contributed by atoms with Crippen LogP contribution in [0.1, 0.15) is 36.4 Å². The normalized spacial score (nSPS) is 30.0. The van der Waals surface area contributed by atoms with Crippen molar-refractivity contribution in [3.05, 3.63) is 33.7 Å². The number of nitrogens with one attached hydrogen (secondary N) is 2. The van der Waals surface area contributed by atoms with Crippen molar-refractivity contribution < 1.29 is 9.53 Å². The van der Waals surface area contributed by atoms with E-state index in [1.807, 2.05) is 10.6 Å². The molecule has 5 rings (SSSR count). The topological polar surface area (TPSA) is 75.6 Å². The first-order valence-electron chi connectivity index (χ1n) is 10.2. The van der Waals surface area contributed by atoms with Crippen LogP contribution in [-0.4, -0.2) is 60.3 Å². The van der Waals surface area contributed by atoms with Gasteiger partial charge < -0.3 is 19.9 Å². The smallest absolute Gasteiger partial charge is 0.255 e. The molecule has 3 saturated heterocycles. The summed E-state index contributed by atoms with van der Waals surface area (Å²) in [5.74, 6) is 1.04. The Bertz CT molecular complexity index is 785. The molecular formula is C20H28N4O3. The zero-order valence-electron chi connectivity index (χ0n) is 15.7. The molecule has 2 atom stereocenters. The molecule has 4 aliphatic heterocycles. The van der Waals surface area contributed by atoms with Crippen LogP contribution in [0.4, 0.5) is 0 Å². The lowest BCUT2D eigenvalue weighted by Crippen LogP contribution is -2.57. The standard InChI is InChI=1S/C20H28N4O3/c25-18-12-27-20(13-22-18)3-5-23(6-4-20)11-15-1-2-17-16-7-14(8-21-9-16)10-24(17)19(15)26/h1-2,14,16,21H,3-13H2,(H,22,25)/t14-,16+/m0/s1. The third kappa shape index (κ3) is 3.22. The van der Waals surface area contributed by atoms with Crippen LogP contribution in [0, 0.1) is 5.92 Å². The zero-order valence-corrected chi connectivity index (χ0v) is 15.7. The molecule has 2 bridgehead atoms. The number of ether oxygens (including phenoxy) is 1. The van der Waals surface area contributed by atoms with Crippen LogP contribution >= 0.6 is 0 Å². The highest BCUT2D eigenvalue weighted by Crippen LogP contribution is 2.32. The fraction of sp³-hybridized carbons (Fsp3) is 0.700. The minimum absolute atomic E-state index is 0.0231. The van der Waals surface area contributed by atoms with E-state index in [1.54, 1.807) is 0 Å². The largest absolute Gasteiger partial charge is 0.363 e. The van der Waals surface area contributed by atoms with Gasteiger partial charge in [-0.25, -0.2) is 0 Å². The molecule has 0 aliphatic carbocycles. The fourth-order valence-electron chi connectivity index (χ4n) is 5.22. The highest BCUT2D eigenvalue weighted by Gasteiger charge is 2.39. The van der Waals surface area contributed by atoms with E-state index in [4.69, 9.17) is 4.74 Å². The predicted octanol–water partition coefficient (Wildman–Crippen LogP) is 0.0360. The molecule has 0 aromatic carbocycles. The number of likely N-dealkylation sites (tertiary alicyclic amines) is 1. The first kappa shape index (κ1) is 17.4. The Morgan fingerprint density at radius 1 is 1.19 bits per heavy atom. The van der Waals surface area contributed by atoms with E-state index in [-0.39, 0.29) is 23.7 Å². The third-order valence-corrected chi connectivity index (χ3v) is 6.87. The summed E-state index contributed by atoms with van der Waals surface area (Å²) in [5, 5.41) is 6.43. The molecule has 7 heteroatoms. The summed E-state index contributed by atoms with van der Waals surface area (Å²) >= 11 is 0. The molecule has 1 aromatic rings. The molecule has 7 nitrogen and oxygen atoms in total. The van der Waals surface area contributed by atoms with E-state index >= 15 is 0 Å². The number of carbonyl (C=O) groups excluding carboxylic acids is 1. The summed E-state index contributed by atoms with van der Waals surface area (Å²) in [7, 11) is 0. The zero-order chi connectivity index (χ0) is 18.4. The SMILES string of the molecule is O=C1COC2(CCN(Cc3ccc4n(c3=O)C[C@@H]3CNC[C@H]4C3)CC2)CN1. The van der Waals surface area contributed by atoms with E-state index in [0.29, 0.717) is 24.9 Å². The molecule has 5 heterocycles. The van der Waals surface area contributed by atoms with Gasteiger partial charge in [-0.2, -0.15) is 0 Å². The molecule has 0 saturated carbocycles. The highest BCUT2D eigenvalue weighted by molar-refractivity contribution is 5.78. The van der Waals surface area contributed by atoms with Crippen LogP contribution in [0.2, 0.25) is 0 Å². The molecular weight excluding hydrogens is 344 g/mol.